The highest BCUT2D eigenvalue weighted by Crippen LogP contribution is 2.24. The molecule has 10 nitrogen and oxygen atoms in total. The number of nitrogens with one attached hydrogen (secondary N) is 1. The number of benzene rings is 2. The summed E-state index contributed by atoms with van der Waals surface area (Å²) in [5.74, 6) is 0.484. The van der Waals surface area contributed by atoms with E-state index in [1.54, 1.807) is 42.6 Å². The van der Waals surface area contributed by atoms with Crippen molar-refractivity contribution >= 4 is 35.3 Å². The minimum absolute atomic E-state index is 0.158. The number of amides is 1. The average Bonchev–Trinajstić information content (AvgIpc) is 3.21. The van der Waals surface area contributed by atoms with E-state index in [1.165, 1.54) is 4.68 Å². The molecule has 5 N–H and O–H groups in total. The first-order valence-corrected chi connectivity index (χ1v) is 10.1. The molecule has 0 bridgehead atoms. The molecule has 4 aromatic rings. The van der Waals surface area contributed by atoms with Gasteiger partial charge in [-0.25, -0.2) is 4.98 Å². The number of nitrogens with zero attached hydrogens (tertiary/aromatic N) is 5. The summed E-state index contributed by atoms with van der Waals surface area (Å²) in [6.07, 6.45) is 1.73. The third-order valence-electron chi connectivity index (χ3n) is 5.07. The molecule has 0 radical (unpaired) electrons. The second kappa shape index (κ2) is 8.73. The summed E-state index contributed by atoms with van der Waals surface area (Å²) in [7, 11) is -1.53. The van der Waals surface area contributed by atoms with Gasteiger partial charge in [0.05, 0.1) is 11.1 Å². The molecule has 0 aliphatic heterocycles. The fourth-order valence-electron chi connectivity index (χ4n) is 3.39. The summed E-state index contributed by atoms with van der Waals surface area (Å²) < 4.78 is 1.46. The normalized spacial score (nSPS) is 11.2. The van der Waals surface area contributed by atoms with Crippen LogP contribution < -0.4 is 16.5 Å². The van der Waals surface area contributed by atoms with Gasteiger partial charge in [-0.3, -0.25) is 4.79 Å². The lowest BCUT2D eigenvalue weighted by Gasteiger charge is -2.15. The van der Waals surface area contributed by atoms with Gasteiger partial charge in [0.15, 0.2) is 0 Å². The molecule has 162 valence electrons. The Balaban J connectivity index is 1.70. The van der Waals surface area contributed by atoms with Gasteiger partial charge >= 0.3 is 7.12 Å². The molecular weight excluding hydrogens is 409 g/mol. The van der Waals surface area contributed by atoms with Gasteiger partial charge < -0.3 is 21.1 Å². The highest BCUT2D eigenvalue weighted by Gasteiger charge is 2.17. The van der Waals surface area contributed by atoms with Crippen molar-refractivity contribution in [2.24, 2.45) is 5.73 Å². The number of hydrogen-bond acceptors (Lipinski definition) is 8. The van der Waals surface area contributed by atoms with Crippen molar-refractivity contribution in [2.75, 3.05) is 5.32 Å². The van der Waals surface area contributed by atoms with Crippen LogP contribution in [0.4, 0.5) is 5.82 Å². The summed E-state index contributed by atoms with van der Waals surface area (Å²) >= 11 is 0. The molecule has 4 rings (SSSR count). The molecule has 0 unspecified atom stereocenters. The lowest BCUT2D eigenvalue weighted by atomic mass is 9.79. The van der Waals surface area contributed by atoms with Gasteiger partial charge in [0, 0.05) is 18.3 Å². The second-order valence-corrected chi connectivity index (χ2v) is 7.64. The third kappa shape index (κ3) is 4.16. The smallest absolute Gasteiger partial charge is 0.423 e. The van der Waals surface area contributed by atoms with E-state index in [2.05, 4.69) is 25.6 Å². The van der Waals surface area contributed by atoms with Crippen LogP contribution in [0.2, 0.25) is 0 Å². The zero-order chi connectivity index (χ0) is 22.8. The van der Waals surface area contributed by atoms with Crippen LogP contribution in [0, 0.1) is 0 Å². The first-order valence-electron chi connectivity index (χ1n) is 10.1. The van der Waals surface area contributed by atoms with E-state index < -0.39 is 13.0 Å². The molecule has 0 fully saturated rings. The summed E-state index contributed by atoms with van der Waals surface area (Å²) in [4.78, 5) is 20.8. The molecular formula is C21H22BN7O3. The molecule has 0 spiro atoms. The van der Waals surface area contributed by atoms with Crippen molar-refractivity contribution in [3.8, 4) is 5.95 Å². The number of nitrogens with two attached hydrogens (primary N) is 1. The van der Waals surface area contributed by atoms with Gasteiger partial charge in [-0.1, -0.05) is 49.4 Å². The predicted octanol–water partition coefficient (Wildman–Crippen LogP) is 0.725. The lowest BCUT2D eigenvalue weighted by molar-refractivity contribution is 0.100. The molecule has 0 saturated carbocycles. The van der Waals surface area contributed by atoms with E-state index in [4.69, 9.17) is 5.73 Å². The number of carbonyl (C=O) groups is 1. The zero-order valence-corrected chi connectivity index (χ0v) is 17.6. The molecule has 2 aromatic heterocycles. The Kier molecular flexibility index (Phi) is 5.84. The standard InChI is InChI=1S/C21H22BN7O3/c1-12(2)16-11-25-21(29-17-8-4-7-15(19(23)30)18(17)27-28-29)26-20(16)24-10-13-5-3-6-14(9-13)22(31)32/h3-9,11-12,31-32H,10H2,1-2H3,(H2,23,30)(H,24,25,26). The van der Waals surface area contributed by atoms with Crippen LogP contribution in [0.3, 0.4) is 0 Å². The van der Waals surface area contributed by atoms with Crippen LogP contribution in [0.5, 0.6) is 0 Å². The van der Waals surface area contributed by atoms with Crippen LogP contribution in [0.15, 0.2) is 48.7 Å². The van der Waals surface area contributed by atoms with Gasteiger partial charge in [-0.05, 0) is 29.1 Å². The lowest BCUT2D eigenvalue weighted by Crippen LogP contribution is -2.30. The monoisotopic (exact) mass is 431 g/mol. The van der Waals surface area contributed by atoms with E-state index in [0.717, 1.165) is 11.1 Å². The Morgan fingerprint density at radius 2 is 2.00 bits per heavy atom. The van der Waals surface area contributed by atoms with Gasteiger partial charge in [0.25, 0.3) is 11.9 Å². The van der Waals surface area contributed by atoms with Crippen molar-refractivity contribution in [1.29, 1.82) is 0 Å². The fourth-order valence-corrected chi connectivity index (χ4v) is 3.39. The van der Waals surface area contributed by atoms with E-state index in [9.17, 15) is 14.8 Å². The maximum absolute atomic E-state index is 11.7. The fraction of sp³-hybridized carbons (Fsp3) is 0.190. The number of fused-ring (bicyclic) bond motifs is 1. The minimum atomic E-state index is -1.53. The maximum Gasteiger partial charge on any atom is 0.488 e. The Bertz CT molecular complexity index is 1290. The highest BCUT2D eigenvalue weighted by atomic mass is 16.4. The summed E-state index contributed by atoms with van der Waals surface area (Å²) in [6, 6.07) is 12.1. The molecule has 2 aromatic carbocycles. The van der Waals surface area contributed by atoms with Crippen molar-refractivity contribution in [3.05, 3.63) is 65.4 Å². The number of primary amides is 1. The Labute approximate surface area is 184 Å². The molecule has 0 atom stereocenters. The minimum Gasteiger partial charge on any atom is -0.423 e. The Hall–Kier alpha value is -3.83. The quantitative estimate of drug-likeness (QED) is 0.313. The van der Waals surface area contributed by atoms with Crippen LogP contribution in [-0.4, -0.2) is 48.0 Å². The zero-order valence-electron chi connectivity index (χ0n) is 17.6. The molecule has 0 aliphatic carbocycles. The molecule has 1 amide bonds. The number of aromatic nitrogens is 5. The number of carbonyl (C=O) groups excluding carboxylic acids is 1. The van der Waals surface area contributed by atoms with Crippen molar-refractivity contribution in [1.82, 2.24) is 25.0 Å². The molecule has 0 aliphatic rings. The van der Waals surface area contributed by atoms with E-state index >= 15 is 0 Å². The Morgan fingerprint density at radius 3 is 2.72 bits per heavy atom. The number of anilines is 1. The summed E-state index contributed by atoms with van der Waals surface area (Å²) in [5, 5.41) is 30.3. The van der Waals surface area contributed by atoms with Gasteiger partial charge in [-0.2, -0.15) is 9.67 Å². The highest BCUT2D eigenvalue weighted by molar-refractivity contribution is 6.58. The predicted molar refractivity (Wildman–Crippen MR) is 121 cm³/mol. The summed E-state index contributed by atoms with van der Waals surface area (Å²) in [5.41, 5.74) is 8.85. The largest absolute Gasteiger partial charge is 0.488 e. The van der Waals surface area contributed by atoms with Gasteiger partial charge in [0.2, 0.25) is 0 Å². The SMILES string of the molecule is CC(C)c1cnc(-n2nnc3c(C(N)=O)cccc32)nc1NCc1cccc(B(O)O)c1. The van der Waals surface area contributed by atoms with Crippen LogP contribution in [-0.2, 0) is 6.54 Å². The second-order valence-electron chi connectivity index (χ2n) is 7.64. The van der Waals surface area contributed by atoms with Crippen LogP contribution >= 0.6 is 0 Å². The number of hydrogen-bond donors (Lipinski definition) is 4. The molecule has 0 saturated heterocycles. The number of rotatable bonds is 7. The molecule has 32 heavy (non-hydrogen) atoms. The van der Waals surface area contributed by atoms with Crippen molar-refractivity contribution in [3.63, 3.8) is 0 Å². The van der Waals surface area contributed by atoms with E-state index in [-0.39, 0.29) is 11.5 Å². The van der Waals surface area contributed by atoms with Crippen LogP contribution in [0.25, 0.3) is 17.0 Å². The Morgan fingerprint density at radius 1 is 1.22 bits per heavy atom. The van der Waals surface area contributed by atoms with Crippen molar-refractivity contribution < 1.29 is 14.8 Å². The first-order chi connectivity index (χ1) is 15.3. The molecule has 11 heteroatoms. The van der Waals surface area contributed by atoms with E-state index in [0.29, 0.717) is 34.8 Å². The first kappa shape index (κ1) is 21.4. The van der Waals surface area contributed by atoms with Crippen LogP contribution in [0.1, 0.15) is 41.3 Å². The van der Waals surface area contributed by atoms with Gasteiger partial charge in [0.1, 0.15) is 11.3 Å². The average molecular weight is 431 g/mol. The van der Waals surface area contributed by atoms with E-state index in [1.807, 2.05) is 19.9 Å². The molecule has 2 heterocycles. The topological polar surface area (TPSA) is 152 Å². The van der Waals surface area contributed by atoms with Gasteiger partial charge in [-0.15, -0.1) is 5.10 Å². The summed E-state index contributed by atoms with van der Waals surface area (Å²) in [6.45, 7) is 4.49. The maximum atomic E-state index is 11.7. The third-order valence-corrected chi connectivity index (χ3v) is 5.07. The van der Waals surface area contributed by atoms with Crippen molar-refractivity contribution in [2.45, 2.75) is 26.3 Å².